The van der Waals surface area contributed by atoms with Crippen LogP contribution in [0.5, 0.6) is 11.5 Å². The third kappa shape index (κ3) is 4.23. The molecule has 0 radical (unpaired) electrons. The fraction of sp³-hybridized carbons (Fsp3) is 0.435. The molecule has 0 aromatic heterocycles. The summed E-state index contributed by atoms with van der Waals surface area (Å²) in [6.07, 6.45) is -0.557. The van der Waals surface area contributed by atoms with Crippen LogP contribution >= 0.6 is 0 Å². The zero-order valence-corrected chi connectivity index (χ0v) is 17.6. The molecule has 4 atom stereocenters. The number of aliphatic hydroxyl groups excluding tert-OH is 2. The van der Waals surface area contributed by atoms with Crippen molar-refractivity contribution in [3.63, 3.8) is 0 Å². The Hall–Kier alpha value is -2.68. The van der Waals surface area contributed by atoms with Crippen LogP contribution in [0.2, 0.25) is 0 Å². The van der Waals surface area contributed by atoms with E-state index in [4.69, 9.17) is 19.4 Å². The molecule has 0 amide bonds. The van der Waals surface area contributed by atoms with Gasteiger partial charge in [-0.2, -0.15) is 0 Å². The second-order valence-electron chi connectivity index (χ2n) is 7.88. The minimum Gasteiger partial charge on any atom is -0.493 e. The van der Waals surface area contributed by atoms with Gasteiger partial charge in [-0.05, 0) is 23.5 Å². The second-order valence-corrected chi connectivity index (χ2v) is 7.88. The van der Waals surface area contributed by atoms with E-state index in [1.54, 1.807) is 6.07 Å². The maximum Gasteiger partial charge on any atom is 0.290 e. The quantitative estimate of drug-likeness (QED) is 0.600. The van der Waals surface area contributed by atoms with Gasteiger partial charge >= 0.3 is 0 Å². The summed E-state index contributed by atoms with van der Waals surface area (Å²) >= 11 is 0. The molecule has 2 aromatic rings. The molecule has 0 unspecified atom stereocenters. The molecule has 0 bridgehead atoms. The van der Waals surface area contributed by atoms with Gasteiger partial charge in [-0.1, -0.05) is 30.3 Å². The molecule has 2 fully saturated rings. The van der Waals surface area contributed by atoms with E-state index in [1.165, 1.54) is 20.3 Å². The van der Waals surface area contributed by atoms with E-state index in [9.17, 15) is 14.6 Å². The first-order valence-corrected chi connectivity index (χ1v) is 10.0. The molecule has 4 rings (SSSR count). The summed E-state index contributed by atoms with van der Waals surface area (Å²) in [7, 11) is 3.00. The number of likely N-dealkylation sites (tertiary alicyclic amines) is 1. The Bertz CT molecular complexity index is 895. The molecule has 1 aliphatic heterocycles. The van der Waals surface area contributed by atoms with Crippen molar-refractivity contribution in [2.75, 3.05) is 33.9 Å². The van der Waals surface area contributed by atoms with Crippen LogP contribution in [0, 0.1) is 17.2 Å². The summed E-state index contributed by atoms with van der Waals surface area (Å²) < 4.78 is 25.0. The smallest absolute Gasteiger partial charge is 0.290 e. The van der Waals surface area contributed by atoms with Crippen LogP contribution in [0.1, 0.15) is 17.0 Å². The van der Waals surface area contributed by atoms with Crippen LogP contribution < -0.4 is 9.47 Å². The lowest BCUT2D eigenvalue weighted by Crippen LogP contribution is -2.23. The average molecular weight is 433 g/mol. The molecule has 3 N–H and O–H groups in total. The number of carbonyl (C=O) groups is 1. The van der Waals surface area contributed by atoms with Crippen LogP contribution in [0.4, 0.5) is 4.39 Å². The molecule has 2 aliphatic rings. The van der Waals surface area contributed by atoms with Crippen LogP contribution in [0.3, 0.4) is 0 Å². The summed E-state index contributed by atoms with van der Waals surface area (Å²) in [6, 6.07) is 13.0. The largest absolute Gasteiger partial charge is 0.493 e. The van der Waals surface area contributed by atoms with Crippen molar-refractivity contribution in [1.29, 1.82) is 0 Å². The number of β-amino-alcohol motifs (C(OH)–C–C–N with tert-alkyl or cyclic N) is 1. The van der Waals surface area contributed by atoms with Crippen molar-refractivity contribution in [2.45, 2.75) is 18.6 Å². The highest BCUT2D eigenvalue weighted by molar-refractivity contribution is 5.44. The number of methoxy groups -OCH3 is 2. The molecule has 1 aliphatic carbocycles. The van der Waals surface area contributed by atoms with Crippen molar-refractivity contribution in [1.82, 2.24) is 4.90 Å². The van der Waals surface area contributed by atoms with E-state index in [2.05, 4.69) is 4.90 Å². The first kappa shape index (κ1) is 23.0. The van der Waals surface area contributed by atoms with Crippen molar-refractivity contribution in [2.24, 2.45) is 11.3 Å². The van der Waals surface area contributed by atoms with Crippen molar-refractivity contribution >= 4 is 6.47 Å². The molecule has 2 aromatic carbocycles. The predicted octanol–water partition coefficient (Wildman–Crippen LogP) is 2.11. The summed E-state index contributed by atoms with van der Waals surface area (Å²) in [5, 5.41) is 27.7. The van der Waals surface area contributed by atoms with E-state index in [0.717, 1.165) is 5.56 Å². The fourth-order valence-corrected chi connectivity index (χ4v) is 5.04. The number of rotatable bonds is 6. The van der Waals surface area contributed by atoms with Crippen molar-refractivity contribution in [3.05, 3.63) is 59.4 Å². The fourth-order valence-electron chi connectivity index (χ4n) is 5.04. The molecule has 1 heterocycles. The highest BCUT2D eigenvalue weighted by Crippen LogP contribution is 2.68. The number of nitrogens with zero attached hydrogens (tertiary/aromatic N) is 1. The van der Waals surface area contributed by atoms with E-state index in [1.807, 2.05) is 30.3 Å². The SMILES string of the molecule is COc1cc(F)c(CN2C[C@H](O)[C@@]3(C2)[C@H](CO)[C@H]3c2ccccc2)cc1OC.O=CO. The van der Waals surface area contributed by atoms with E-state index in [0.29, 0.717) is 36.7 Å². The molecular weight excluding hydrogens is 405 g/mol. The molecule has 1 saturated carbocycles. The second kappa shape index (κ2) is 9.64. The summed E-state index contributed by atoms with van der Waals surface area (Å²) in [4.78, 5) is 10.4. The molecular formula is C23H28FNO6. The maximum atomic E-state index is 14.5. The highest BCUT2D eigenvalue weighted by Gasteiger charge is 2.70. The number of ether oxygens (including phenoxy) is 2. The average Bonchev–Trinajstić information content (AvgIpc) is 3.32. The first-order valence-electron chi connectivity index (χ1n) is 10.0. The molecule has 1 saturated heterocycles. The lowest BCUT2D eigenvalue weighted by atomic mass is 9.95. The van der Waals surface area contributed by atoms with Crippen molar-refractivity contribution < 1.29 is 34.0 Å². The third-order valence-corrected chi connectivity index (χ3v) is 6.41. The van der Waals surface area contributed by atoms with Crippen LogP contribution in [0.25, 0.3) is 0 Å². The van der Waals surface area contributed by atoms with Gasteiger partial charge in [0.25, 0.3) is 6.47 Å². The third-order valence-electron chi connectivity index (χ3n) is 6.41. The van der Waals surface area contributed by atoms with Gasteiger partial charge in [0.05, 0.1) is 20.3 Å². The van der Waals surface area contributed by atoms with Gasteiger partial charge in [-0.25, -0.2) is 4.39 Å². The number of hydrogen-bond donors (Lipinski definition) is 3. The van der Waals surface area contributed by atoms with Crippen LogP contribution in [0.15, 0.2) is 42.5 Å². The Labute approximate surface area is 180 Å². The molecule has 1 spiro atoms. The van der Waals surface area contributed by atoms with Crippen LogP contribution in [-0.2, 0) is 11.3 Å². The van der Waals surface area contributed by atoms with Gasteiger partial charge in [-0.15, -0.1) is 0 Å². The lowest BCUT2D eigenvalue weighted by Gasteiger charge is -2.18. The Morgan fingerprint density at radius 3 is 2.39 bits per heavy atom. The molecule has 168 valence electrons. The Balaban J connectivity index is 0.000000858. The predicted molar refractivity (Wildman–Crippen MR) is 112 cm³/mol. The number of halogens is 1. The Kier molecular flexibility index (Phi) is 7.15. The van der Waals surface area contributed by atoms with E-state index in [-0.39, 0.29) is 36.1 Å². The maximum absolute atomic E-state index is 14.5. The Morgan fingerprint density at radius 2 is 1.81 bits per heavy atom. The highest BCUT2D eigenvalue weighted by atomic mass is 19.1. The molecule has 8 heteroatoms. The molecule has 31 heavy (non-hydrogen) atoms. The number of carboxylic acid groups (broad SMARTS) is 1. The number of hydrogen-bond acceptors (Lipinski definition) is 6. The summed E-state index contributed by atoms with van der Waals surface area (Å²) in [5.74, 6) is 0.616. The number of aliphatic hydroxyl groups is 2. The minimum absolute atomic E-state index is 0.0187. The topological polar surface area (TPSA) is 99.5 Å². The van der Waals surface area contributed by atoms with Crippen molar-refractivity contribution in [3.8, 4) is 11.5 Å². The zero-order chi connectivity index (χ0) is 22.6. The van der Waals surface area contributed by atoms with E-state index < -0.39 is 6.10 Å². The van der Waals surface area contributed by atoms with Gasteiger partial charge < -0.3 is 24.8 Å². The first-order chi connectivity index (χ1) is 15.0. The Morgan fingerprint density at radius 1 is 1.19 bits per heavy atom. The van der Waals surface area contributed by atoms with Gasteiger partial charge in [0.15, 0.2) is 11.5 Å². The standard InChI is InChI=1S/C22H26FNO4.CH2O2/c1-27-18-8-15(17(23)9-19(18)28-2)10-24-11-20(26)22(13-24)16(12-25)21(22)14-6-4-3-5-7-14;2-1-3/h3-9,16,20-21,25-26H,10-13H2,1-2H3;1H,(H,2,3)/t16-,20+,21-,22-;/m1./s1. The summed E-state index contributed by atoms with van der Waals surface area (Å²) in [5.41, 5.74) is 1.27. The van der Waals surface area contributed by atoms with Gasteiger partial charge in [-0.3, -0.25) is 9.69 Å². The normalized spacial score (nSPS) is 26.8. The van der Waals surface area contributed by atoms with E-state index >= 15 is 0 Å². The summed E-state index contributed by atoms with van der Waals surface area (Å²) in [6.45, 7) is 1.22. The number of benzene rings is 2. The van der Waals surface area contributed by atoms with Gasteiger partial charge in [0, 0.05) is 43.3 Å². The monoisotopic (exact) mass is 433 g/mol. The lowest BCUT2D eigenvalue weighted by molar-refractivity contribution is -0.122. The van der Waals surface area contributed by atoms with Gasteiger partial charge in [0.1, 0.15) is 5.82 Å². The van der Waals surface area contributed by atoms with Crippen LogP contribution in [-0.4, -0.2) is 66.7 Å². The van der Waals surface area contributed by atoms with Gasteiger partial charge in [0.2, 0.25) is 0 Å². The zero-order valence-electron chi connectivity index (χ0n) is 17.6. The minimum atomic E-state index is -0.557. The molecule has 7 nitrogen and oxygen atoms in total.